The van der Waals surface area contributed by atoms with Crippen molar-refractivity contribution in [1.82, 2.24) is 4.57 Å². The maximum absolute atomic E-state index is 14.0. The molecule has 2 heterocycles. The van der Waals surface area contributed by atoms with Crippen LogP contribution in [-0.4, -0.2) is 23.8 Å². The number of thiazole rings is 1. The molecular weight excluding hydrogens is 631 g/mol. The molecule has 7 nitrogen and oxygen atoms in total. The Balaban J connectivity index is 1.59. The van der Waals surface area contributed by atoms with Gasteiger partial charge in [0.05, 0.1) is 45.1 Å². The van der Waals surface area contributed by atoms with Crippen LogP contribution in [0.4, 0.5) is 0 Å². The van der Waals surface area contributed by atoms with Gasteiger partial charge in [-0.05, 0) is 80.4 Å². The number of fused-ring (bicyclic) bond motifs is 1. The van der Waals surface area contributed by atoms with Crippen LogP contribution in [-0.2, 0) is 16.1 Å². The van der Waals surface area contributed by atoms with E-state index < -0.39 is 12.0 Å². The minimum Gasteiger partial charge on any atom is -0.494 e. The number of benzene rings is 3. The molecule has 0 saturated heterocycles. The third-order valence-corrected chi connectivity index (χ3v) is 8.62. The summed E-state index contributed by atoms with van der Waals surface area (Å²) in [6.07, 6.45) is 1.72. The highest BCUT2D eigenvalue weighted by Gasteiger charge is 2.33. The van der Waals surface area contributed by atoms with E-state index >= 15 is 0 Å². The van der Waals surface area contributed by atoms with Crippen LogP contribution in [0.1, 0.15) is 43.5 Å². The Morgan fingerprint density at radius 2 is 1.74 bits per heavy atom. The van der Waals surface area contributed by atoms with Crippen LogP contribution < -0.4 is 24.4 Å². The van der Waals surface area contributed by atoms with E-state index in [9.17, 15) is 9.59 Å². The summed E-state index contributed by atoms with van der Waals surface area (Å²) in [6.45, 7) is 6.32. The maximum atomic E-state index is 14.0. The van der Waals surface area contributed by atoms with Gasteiger partial charge in [0, 0.05) is 10.6 Å². The third kappa shape index (κ3) is 6.68. The Morgan fingerprint density at radius 3 is 2.44 bits per heavy atom. The Kier molecular flexibility index (Phi) is 9.62. The number of ether oxygens (including phenoxy) is 3. The van der Waals surface area contributed by atoms with Crippen LogP contribution in [0.25, 0.3) is 6.08 Å². The van der Waals surface area contributed by atoms with Gasteiger partial charge in [-0.15, -0.1) is 0 Å². The molecule has 1 atom stereocenters. The van der Waals surface area contributed by atoms with Crippen LogP contribution in [0.15, 0.2) is 81.7 Å². The lowest BCUT2D eigenvalue weighted by molar-refractivity contribution is -0.139. The number of esters is 1. The fourth-order valence-electron chi connectivity index (χ4n) is 4.72. The molecule has 11 heteroatoms. The first-order valence-electron chi connectivity index (χ1n) is 13.5. The van der Waals surface area contributed by atoms with Crippen molar-refractivity contribution in [3.8, 4) is 11.5 Å². The number of rotatable bonds is 9. The van der Waals surface area contributed by atoms with Crippen LogP contribution in [0.2, 0.25) is 15.1 Å². The molecule has 0 N–H and O–H groups in total. The summed E-state index contributed by atoms with van der Waals surface area (Å²) in [5, 5.41) is 1.37. The SMILES string of the molecule is CCOC(=O)C1=C(C)N=c2s/c(=C\c3cc(Cl)ccc3OCc3ccc(Cl)c(Cl)c3)c(=O)n2[C@@H]1c1ccc(OCC)cc1. The van der Waals surface area contributed by atoms with Crippen molar-refractivity contribution in [1.29, 1.82) is 0 Å². The molecule has 0 radical (unpaired) electrons. The topological polar surface area (TPSA) is 79.1 Å². The van der Waals surface area contributed by atoms with E-state index in [1.165, 1.54) is 15.9 Å². The Hall–Kier alpha value is -3.56. The van der Waals surface area contributed by atoms with Crippen molar-refractivity contribution in [3.63, 3.8) is 0 Å². The van der Waals surface area contributed by atoms with Crippen molar-refractivity contribution in [2.75, 3.05) is 13.2 Å². The van der Waals surface area contributed by atoms with Crippen LogP contribution in [0, 0.1) is 0 Å². The van der Waals surface area contributed by atoms with E-state index in [0.29, 0.717) is 59.3 Å². The van der Waals surface area contributed by atoms with Gasteiger partial charge in [-0.25, -0.2) is 9.79 Å². The number of hydrogen-bond donors (Lipinski definition) is 0. The summed E-state index contributed by atoms with van der Waals surface area (Å²) in [7, 11) is 0. The highest BCUT2D eigenvalue weighted by molar-refractivity contribution is 7.07. The van der Waals surface area contributed by atoms with Gasteiger partial charge >= 0.3 is 5.97 Å². The molecule has 43 heavy (non-hydrogen) atoms. The Labute approximate surface area is 267 Å². The molecule has 5 rings (SSSR count). The minimum atomic E-state index is -0.738. The zero-order valence-corrected chi connectivity index (χ0v) is 26.6. The van der Waals surface area contributed by atoms with Crippen molar-refractivity contribution >= 4 is 58.2 Å². The Bertz CT molecular complexity index is 1900. The number of aromatic nitrogens is 1. The molecule has 4 aromatic rings. The van der Waals surface area contributed by atoms with E-state index in [1.807, 2.05) is 37.3 Å². The molecule has 1 aromatic heterocycles. The summed E-state index contributed by atoms with van der Waals surface area (Å²) in [4.78, 5) is 32.3. The molecule has 0 amide bonds. The molecule has 0 unspecified atom stereocenters. The van der Waals surface area contributed by atoms with E-state index in [1.54, 1.807) is 50.3 Å². The zero-order chi connectivity index (χ0) is 30.7. The van der Waals surface area contributed by atoms with Gasteiger partial charge in [0.2, 0.25) is 0 Å². The van der Waals surface area contributed by atoms with E-state index in [2.05, 4.69) is 4.99 Å². The van der Waals surface area contributed by atoms with Crippen molar-refractivity contribution < 1.29 is 19.0 Å². The van der Waals surface area contributed by atoms with E-state index in [-0.39, 0.29) is 18.8 Å². The Morgan fingerprint density at radius 1 is 0.977 bits per heavy atom. The fourth-order valence-corrected chi connectivity index (χ4v) is 6.25. The van der Waals surface area contributed by atoms with E-state index in [0.717, 1.165) is 11.1 Å². The zero-order valence-electron chi connectivity index (χ0n) is 23.5. The lowest BCUT2D eigenvalue weighted by atomic mass is 9.96. The van der Waals surface area contributed by atoms with Gasteiger partial charge in [0.15, 0.2) is 4.80 Å². The number of carbonyl (C=O) groups is 1. The summed E-state index contributed by atoms with van der Waals surface area (Å²) in [5.74, 6) is 0.684. The molecule has 1 aliphatic heterocycles. The first-order valence-corrected chi connectivity index (χ1v) is 15.4. The van der Waals surface area contributed by atoms with Gasteiger partial charge < -0.3 is 14.2 Å². The van der Waals surface area contributed by atoms with Gasteiger partial charge in [-0.2, -0.15) is 0 Å². The predicted octanol–water partition coefficient (Wildman–Crippen LogP) is 6.74. The van der Waals surface area contributed by atoms with Gasteiger partial charge in [0.1, 0.15) is 18.1 Å². The number of hydrogen-bond acceptors (Lipinski definition) is 7. The average Bonchev–Trinajstić information content (AvgIpc) is 3.28. The fraction of sp³-hybridized carbons (Fsp3) is 0.219. The molecule has 0 saturated carbocycles. The number of nitrogens with zero attached hydrogens (tertiary/aromatic N) is 2. The predicted molar refractivity (Wildman–Crippen MR) is 170 cm³/mol. The van der Waals surface area contributed by atoms with Crippen molar-refractivity contribution in [2.45, 2.75) is 33.4 Å². The maximum Gasteiger partial charge on any atom is 0.338 e. The van der Waals surface area contributed by atoms with Crippen molar-refractivity contribution in [2.24, 2.45) is 4.99 Å². The largest absolute Gasteiger partial charge is 0.494 e. The highest BCUT2D eigenvalue weighted by atomic mass is 35.5. The molecular formula is C32H27Cl3N2O5S. The second kappa shape index (κ2) is 13.4. The number of allylic oxidation sites excluding steroid dienone is 1. The smallest absolute Gasteiger partial charge is 0.338 e. The average molecular weight is 658 g/mol. The standard InChI is InChI=1S/C32H27Cl3N2O5S/c1-4-40-23-10-7-20(8-11-23)29-28(31(39)41-5-2)18(3)36-32-37(29)30(38)27(43-32)16-21-15-22(33)9-13-26(21)42-17-19-6-12-24(34)25(35)14-19/h6-16,29H,4-5,17H2,1-3H3/b27-16-/t29-/m1/s1. The quantitative estimate of drug-likeness (QED) is 0.187. The van der Waals surface area contributed by atoms with Crippen LogP contribution in [0.3, 0.4) is 0 Å². The molecule has 0 aliphatic carbocycles. The molecule has 222 valence electrons. The summed E-state index contributed by atoms with van der Waals surface area (Å²) >= 11 is 19.8. The highest BCUT2D eigenvalue weighted by Crippen LogP contribution is 2.32. The summed E-state index contributed by atoms with van der Waals surface area (Å²) in [6, 6.07) is 17.0. The molecule has 1 aliphatic rings. The molecule has 0 bridgehead atoms. The van der Waals surface area contributed by atoms with Crippen LogP contribution >= 0.6 is 46.1 Å². The second-order valence-corrected chi connectivity index (χ2v) is 11.8. The molecule has 0 fully saturated rings. The van der Waals surface area contributed by atoms with Crippen molar-refractivity contribution in [3.05, 3.63) is 123 Å². The molecule has 3 aromatic carbocycles. The monoisotopic (exact) mass is 656 g/mol. The van der Waals surface area contributed by atoms with E-state index in [4.69, 9.17) is 49.0 Å². The van der Waals surface area contributed by atoms with Crippen LogP contribution in [0.5, 0.6) is 11.5 Å². The van der Waals surface area contributed by atoms with Gasteiger partial charge in [-0.3, -0.25) is 9.36 Å². The lowest BCUT2D eigenvalue weighted by Crippen LogP contribution is -2.39. The first kappa shape index (κ1) is 30.9. The summed E-state index contributed by atoms with van der Waals surface area (Å²) < 4.78 is 19.0. The number of halogens is 3. The number of carbonyl (C=O) groups excluding carboxylic acids is 1. The van der Waals surface area contributed by atoms with Gasteiger partial charge in [-0.1, -0.05) is 64.3 Å². The molecule has 0 spiro atoms. The van der Waals surface area contributed by atoms with Gasteiger partial charge in [0.25, 0.3) is 5.56 Å². The summed E-state index contributed by atoms with van der Waals surface area (Å²) in [5.41, 5.74) is 2.63. The minimum absolute atomic E-state index is 0.190. The lowest BCUT2D eigenvalue weighted by Gasteiger charge is -2.24. The normalized spacial score (nSPS) is 14.7. The second-order valence-electron chi connectivity index (χ2n) is 9.52. The first-order chi connectivity index (χ1) is 20.7. The third-order valence-electron chi connectivity index (χ3n) is 6.66.